The Labute approximate surface area is 251 Å². The first kappa shape index (κ1) is 29.1. The Hall–Kier alpha value is -3.38. The lowest BCUT2D eigenvalue weighted by molar-refractivity contribution is 0.0850. The number of hydrogen-bond donors (Lipinski definition) is 0. The molecule has 1 fully saturated rings. The van der Waals surface area contributed by atoms with E-state index in [1.165, 1.54) is 5.56 Å². The Kier molecular flexibility index (Phi) is 9.60. The molecule has 3 heterocycles. The van der Waals surface area contributed by atoms with Gasteiger partial charge in [-0.3, -0.25) is 19.6 Å². The Morgan fingerprint density at radius 1 is 0.854 bits per heavy atom. The number of piperidine rings is 1. The van der Waals surface area contributed by atoms with Gasteiger partial charge in [-0.15, -0.1) is 0 Å². The maximum Gasteiger partial charge on any atom is 0.211 e. The van der Waals surface area contributed by atoms with E-state index in [2.05, 4.69) is 28.0 Å². The van der Waals surface area contributed by atoms with Crippen LogP contribution in [0.5, 0.6) is 0 Å². The first-order chi connectivity index (χ1) is 19.9. The fourth-order valence-corrected chi connectivity index (χ4v) is 5.94. The summed E-state index contributed by atoms with van der Waals surface area (Å²) < 4.78 is 0. The summed E-state index contributed by atoms with van der Waals surface area (Å²) in [5, 5.41) is 1.43. The van der Waals surface area contributed by atoms with Gasteiger partial charge in [0.1, 0.15) is 11.4 Å². The van der Waals surface area contributed by atoms with E-state index >= 15 is 0 Å². The van der Waals surface area contributed by atoms with E-state index in [9.17, 15) is 9.59 Å². The summed E-state index contributed by atoms with van der Waals surface area (Å²) in [6.07, 6.45) is 8.59. The van der Waals surface area contributed by atoms with Gasteiger partial charge >= 0.3 is 0 Å². The lowest BCUT2D eigenvalue weighted by atomic mass is 9.88. The highest BCUT2D eigenvalue weighted by molar-refractivity contribution is 6.31. The molecule has 0 radical (unpaired) electrons. The van der Waals surface area contributed by atoms with Gasteiger partial charge in [-0.25, -0.2) is 0 Å². The molecule has 2 aromatic heterocycles. The van der Waals surface area contributed by atoms with Crippen molar-refractivity contribution < 1.29 is 9.59 Å². The maximum absolute atomic E-state index is 12.9. The number of benzene rings is 2. The predicted molar refractivity (Wildman–Crippen MR) is 164 cm³/mol. The lowest BCUT2D eigenvalue weighted by Crippen LogP contribution is -2.34. The molecule has 1 saturated heterocycles. The second-order valence-corrected chi connectivity index (χ2v) is 11.6. The van der Waals surface area contributed by atoms with Crippen LogP contribution in [-0.2, 0) is 25.7 Å². The molecular formula is C34H33Cl2N3O2. The molecule has 2 aliphatic rings. The number of aromatic nitrogens is 2. The molecule has 7 heteroatoms. The Morgan fingerprint density at radius 3 is 2.39 bits per heavy atom. The quantitative estimate of drug-likeness (QED) is 0.233. The topological polar surface area (TPSA) is 63.2 Å². The summed E-state index contributed by atoms with van der Waals surface area (Å²) in [6, 6.07) is 21.1. The van der Waals surface area contributed by atoms with Gasteiger partial charge in [-0.05, 0) is 123 Å². The zero-order chi connectivity index (χ0) is 28.8. The van der Waals surface area contributed by atoms with E-state index < -0.39 is 0 Å². The summed E-state index contributed by atoms with van der Waals surface area (Å²) in [5.74, 6) is 0.329. The Bertz CT molecular complexity index is 1550. The van der Waals surface area contributed by atoms with Crippen molar-refractivity contribution in [1.29, 1.82) is 0 Å². The number of carbonyl (C=O) groups is 2. The van der Waals surface area contributed by atoms with Gasteiger partial charge in [0, 0.05) is 33.9 Å². The minimum absolute atomic E-state index is 0.00441. The molecule has 1 aliphatic carbocycles. The Balaban J connectivity index is 0.000000174. The van der Waals surface area contributed by atoms with Crippen LogP contribution in [0.4, 0.5) is 0 Å². The molecule has 4 aromatic rings. The number of halogens is 2. The standard InChI is InChI=1S/C20H23ClN2O.C14H10ClNO/c1-23-12-9-17(10-13-23)20(24)19-16(5-3-11-22-19)8-7-15-4-2-6-18(21)14-15;15-11-5-6-12-10(8-11)4-3-9-2-1-7-16-13(9)14(12)17/h2-6,11,14,17H,7-10,12-13H2,1H3;1-2,5-8H,3-4H2. The van der Waals surface area contributed by atoms with Gasteiger partial charge in [0.25, 0.3) is 0 Å². The normalized spacial score (nSPS) is 15.2. The van der Waals surface area contributed by atoms with Crippen molar-refractivity contribution in [3.05, 3.63) is 128 Å². The molecule has 0 spiro atoms. The van der Waals surface area contributed by atoms with Gasteiger partial charge in [0.15, 0.2) is 5.78 Å². The highest BCUT2D eigenvalue weighted by atomic mass is 35.5. The minimum atomic E-state index is 0.00441. The molecule has 41 heavy (non-hydrogen) atoms. The molecule has 0 bridgehead atoms. The van der Waals surface area contributed by atoms with Crippen LogP contribution in [0.1, 0.15) is 61.6 Å². The monoisotopic (exact) mass is 585 g/mol. The summed E-state index contributed by atoms with van der Waals surface area (Å²) in [6.45, 7) is 1.97. The zero-order valence-corrected chi connectivity index (χ0v) is 24.7. The second-order valence-electron chi connectivity index (χ2n) is 10.7. The molecule has 0 N–H and O–H groups in total. The molecule has 2 aromatic carbocycles. The molecule has 0 saturated carbocycles. The second kappa shape index (κ2) is 13.5. The first-order valence-corrected chi connectivity index (χ1v) is 14.8. The van der Waals surface area contributed by atoms with Crippen LogP contribution in [0.25, 0.3) is 0 Å². The van der Waals surface area contributed by atoms with Gasteiger partial charge in [0.05, 0.1) is 0 Å². The number of pyridine rings is 2. The van der Waals surface area contributed by atoms with Gasteiger partial charge < -0.3 is 4.90 Å². The predicted octanol–water partition coefficient (Wildman–Crippen LogP) is 7.11. The van der Waals surface area contributed by atoms with Crippen LogP contribution in [0.2, 0.25) is 10.0 Å². The summed E-state index contributed by atoms with van der Waals surface area (Å²) in [4.78, 5) is 36.1. The number of hydrogen-bond acceptors (Lipinski definition) is 5. The number of carbonyl (C=O) groups excluding carboxylic acids is 2. The minimum Gasteiger partial charge on any atom is -0.306 e. The summed E-state index contributed by atoms with van der Waals surface area (Å²) in [5.41, 5.74) is 6.23. The highest BCUT2D eigenvalue weighted by Crippen LogP contribution is 2.26. The summed E-state index contributed by atoms with van der Waals surface area (Å²) in [7, 11) is 2.11. The van der Waals surface area contributed by atoms with Gasteiger partial charge in [-0.2, -0.15) is 0 Å². The number of aryl methyl sites for hydroxylation is 4. The molecule has 1 aliphatic heterocycles. The lowest BCUT2D eigenvalue weighted by Gasteiger charge is -2.28. The number of likely N-dealkylation sites (tertiary alicyclic amines) is 1. The number of nitrogens with zero attached hydrogens (tertiary/aromatic N) is 3. The number of rotatable bonds is 5. The van der Waals surface area contributed by atoms with Crippen LogP contribution in [0.15, 0.2) is 79.1 Å². The van der Waals surface area contributed by atoms with E-state index in [1.54, 1.807) is 24.5 Å². The molecule has 0 amide bonds. The van der Waals surface area contributed by atoms with Crippen LogP contribution in [0.3, 0.4) is 0 Å². The van der Waals surface area contributed by atoms with Crippen molar-refractivity contribution in [2.75, 3.05) is 20.1 Å². The van der Waals surface area contributed by atoms with Crippen molar-refractivity contribution >= 4 is 34.8 Å². The van der Waals surface area contributed by atoms with Crippen molar-refractivity contribution in [1.82, 2.24) is 14.9 Å². The van der Waals surface area contributed by atoms with Crippen LogP contribution in [-0.4, -0.2) is 46.6 Å². The van der Waals surface area contributed by atoms with Crippen molar-refractivity contribution in [3.8, 4) is 0 Å². The molecular weight excluding hydrogens is 553 g/mol. The smallest absolute Gasteiger partial charge is 0.211 e. The van der Waals surface area contributed by atoms with Crippen molar-refractivity contribution in [3.63, 3.8) is 0 Å². The third-order valence-electron chi connectivity index (χ3n) is 7.87. The first-order valence-electron chi connectivity index (χ1n) is 14.1. The fraction of sp³-hybridized carbons (Fsp3) is 0.294. The third kappa shape index (κ3) is 7.28. The maximum atomic E-state index is 12.9. The summed E-state index contributed by atoms with van der Waals surface area (Å²) >= 11 is 12.0. The molecule has 6 rings (SSSR count). The Morgan fingerprint density at radius 2 is 1.59 bits per heavy atom. The van der Waals surface area contributed by atoms with Crippen LogP contribution >= 0.6 is 23.2 Å². The fourth-order valence-electron chi connectivity index (χ4n) is 5.53. The number of Topliss-reactive ketones (excluding diaryl/α,β-unsaturated/α-hetero) is 1. The molecule has 0 atom stereocenters. The molecule has 210 valence electrons. The SMILES string of the molecule is CN1CCC(C(=O)c2ncccc2CCc2cccc(Cl)c2)CC1.O=C1c2ccc(Cl)cc2CCc2cccnc21. The average Bonchev–Trinajstić information content (AvgIpc) is 3.13. The van der Waals surface area contributed by atoms with E-state index in [0.29, 0.717) is 16.4 Å². The molecule has 5 nitrogen and oxygen atoms in total. The average molecular weight is 587 g/mol. The van der Waals surface area contributed by atoms with Gasteiger partial charge in [-0.1, -0.05) is 47.5 Å². The zero-order valence-electron chi connectivity index (χ0n) is 23.2. The van der Waals surface area contributed by atoms with Crippen LogP contribution < -0.4 is 0 Å². The van der Waals surface area contributed by atoms with E-state index in [1.807, 2.05) is 48.5 Å². The van der Waals surface area contributed by atoms with Crippen molar-refractivity contribution in [2.45, 2.75) is 38.5 Å². The van der Waals surface area contributed by atoms with E-state index in [-0.39, 0.29) is 17.5 Å². The largest absolute Gasteiger partial charge is 0.306 e. The third-order valence-corrected chi connectivity index (χ3v) is 8.34. The van der Waals surface area contributed by atoms with E-state index in [0.717, 1.165) is 78.9 Å². The van der Waals surface area contributed by atoms with Crippen LogP contribution in [0, 0.1) is 5.92 Å². The van der Waals surface area contributed by atoms with Crippen molar-refractivity contribution in [2.24, 2.45) is 5.92 Å². The number of ketones is 2. The molecule has 0 unspecified atom stereocenters. The number of fused-ring (bicyclic) bond motifs is 2. The van der Waals surface area contributed by atoms with E-state index in [4.69, 9.17) is 23.2 Å². The highest BCUT2D eigenvalue weighted by Gasteiger charge is 2.27. The van der Waals surface area contributed by atoms with Gasteiger partial charge in [0.2, 0.25) is 5.78 Å².